The van der Waals surface area contributed by atoms with E-state index in [4.69, 9.17) is 18.0 Å². The molecule has 0 amide bonds. The van der Waals surface area contributed by atoms with Crippen LogP contribution in [0.3, 0.4) is 0 Å². The van der Waals surface area contributed by atoms with Crippen molar-refractivity contribution < 1.29 is 0 Å². The van der Waals surface area contributed by atoms with Crippen molar-refractivity contribution in [3.63, 3.8) is 0 Å². The van der Waals surface area contributed by atoms with Crippen LogP contribution in [0.2, 0.25) is 0 Å². The molecule has 1 saturated carbocycles. The molecule has 0 saturated heterocycles. The predicted molar refractivity (Wildman–Crippen MR) is 93.8 cm³/mol. The highest BCUT2D eigenvalue weighted by molar-refractivity contribution is 7.99. The molecule has 20 heavy (non-hydrogen) atoms. The Hall–Kier alpha value is -0.740. The van der Waals surface area contributed by atoms with Crippen molar-refractivity contribution in [2.45, 2.75) is 50.5 Å². The van der Waals surface area contributed by atoms with Gasteiger partial charge in [-0.2, -0.15) is 0 Å². The van der Waals surface area contributed by atoms with Crippen LogP contribution in [0.5, 0.6) is 0 Å². The van der Waals surface area contributed by atoms with Crippen molar-refractivity contribution in [1.29, 1.82) is 0 Å². The van der Waals surface area contributed by atoms with Crippen molar-refractivity contribution in [3.05, 3.63) is 23.8 Å². The zero-order valence-corrected chi connectivity index (χ0v) is 13.9. The number of hydrogen-bond acceptors (Lipinski definition) is 3. The molecular weight excluding hydrogens is 284 g/mol. The summed E-state index contributed by atoms with van der Waals surface area (Å²) in [4.78, 5) is 1.68. The average Bonchev–Trinajstić information content (AvgIpc) is 2.41. The monoisotopic (exact) mass is 308 g/mol. The summed E-state index contributed by atoms with van der Waals surface area (Å²) >= 11 is 7.06. The molecule has 110 valence electrons. The first-order chi connectivity index (χ1) is 9.61. The highest BCUT2D eigenvalue weighted by atomic mass is 32.2. The summed E-state index contributed by atoms with van der Waals surface area (Å²) in [5.74, 6) is 1.89. The number of rotatable bonds is 5. The smallest absolute Gasteiger partial charge is 0.107 e. The molecule has 0 atom stereocenters. The lowest BCUT2D eigenvalue weighted by Crippen LogP contribution is -2.26. The Labute approximate surface area is 131 Å². The van der Waals surface area contributed by atoms with Crippen LogP contribution in [0.4, 0.5) is 5.69 Å². The number of anilines is 1. The summed E-state index contributed by atoms with van der Waals surface area (Å²) in [6.07, 6.45) is 5.10. The van der Waals surface area contributed by atoms with Crippen LogP contribution in [0.25, 0.3) is 0 Å². The van der Waals surface area contributed by atoms with E-state index in [0.717, 1.165) is 22.9 Å². The second kappa shape index (κ2) is 7.32. The van der Waals surface area contributed by atoms with Gasteiger partial charge in [-0.05, 0) is 49.5 Å². The Bertz CT molecular complexity index is 466. The number of hydrogen-bond donors (Lipinski definition) is 2. The fourth-order valence-electron chi connectivity index (χ4n) is 2.81. The molecule has 2 rings (SSSR count). The van der Waals surface area contributed by atoms with Gasteiger partial charge in [0.25, 0.3) is 0 Å². The Morgan fingerprint density at radius 3 is 2.65 bits per heavy atom. The van der Waals surface area contributed by atoms with Gasteiger partial charge < -0.3 is 11.1 Å². The Kier molecular flexibility index (Phi) is 5.73. The normalized spacial score (nSPS) is 22.5. The molecule has 2 nitrogen and oxygen atoms in total. The minimum Gasteiger partial charge on any atom is -0.389 e. The number of nitrogens with two attached hydrogens (primary N) is 1. The predicted octanol–water partition coefficient (Wildman–Crippen LogP) is 4.42. The van der Waals surface area contributed by atoms with Gasteiger partial charge in [-0.1, -0.05) is 32.1 Å². The molecule has 3 N–H and O–H groups in total. The van der Waals surface area contributed by atoms with Crippen LogP contribution in [-0.4, -0.2) is 16.8 Å². The topological polar surface area (TPSA) is 38.0 Å². The molecule has 0 radical (unpaired) electrons. The first kappa shape index (κ1) is 15.6. The number of thioether (sulfide) groups is 1. The lowest BCUT2D eigenvalue weighted by atomic mass is 9.87. The Balaban J connectivity index is 2.18. The van der Waals surface area contributed by atoms with Crippen molar-refractivity contribution >= 4 is 34.7 Å². The van der Waals surface area contributed by atoms with E-state index in [1.807, 2.05) is 0 Å². The first-order valence-electron chi connectivity index (χ1n) is 7.44. The van der Waals surface area contributed by atoms with Crippen molar-refractivity contribution in [3.8, 4) is 0 Å². The van der Waals surface area contributed by atoms with Crippen LogP contribution in [0, 0.1) is 5.92 Å². The number of nitrogens with one attached hydrogen (secondary N) is 1. The van der Waals surface area contributed by atoms with Gasteiger partial charge >= 0.3 is 0 Å². The fraction of sp³-hybridized carbons (Fsp3) is 0.562. The molecule has 4 heteroatoms. The van der Waals surface area contributed by atoms with E-state index in [9.17, 15) is 0 Å². The van der Waals surface area contributed by atoms with Gasteiger partial charge in [-0.3, -0.25) is 0 Å². The van der Waals surface area contributed by atoms with E-state index in [0.29, 0.717) is 11.0 Å². The van der Waals surface area contributed by atoms with E-state index < -0.39 is 0 Å². The molecule has 1 aromatic rings. The largest absolute Gasteiger partial charge is 0.389 e. The first-order valence-corrected chi connectivity index (χ1v) is 8.83. The maximum Gasteiger partial charge on any atom is 0.107 e. The van der Waals surface area contributed by atoms with Crippen LogP contribution in [0.1, 0.15) is 45.1 Å². The molecule has 0 spiro atoms. The SMILES string of the molecule is CCSc1cccc(NC2CCC(C)CC2)c1C(N)=S. The highest BCUT2D eigenvalue weighted by Crippen LogP contribution is 2.31. The van der Waals surface area contributed by atoms with Crippen LogP contribution < -0.4 is 11.1 Å². The van der Waals surface area contributed by atoms with E-state index in [1.165, 1.54) is 30.6 Å². The summed E-state index contributed by atoms with van der Waals surface area (Å²) in [5, 5.41) is 3.67. The second-order valence-electron chi connectivity index (χ2n) is 5.58. The van der Waals surface area contributed by atoms with Gasteiger partial charge in [-0.25, -0.2) is 0 Å². The molecule has 1 fully saturated rings. The standard InChI is InChI=1S/C16H24N2S2/c1-3-20-14-6-4-5-13(15(14)16(17)19)18-12-9-7-11(2)8-10-12/h4-6,11-12,18H,3,7-10H2,1-2H3,(H2,17,19). The third kappa shape index (κ3) is 3.89. The van der Waals surface area contributed by atoms with E-state index in [2.05, 4.69) is 37.4 Å². The molecule has 1 aliphatic carbocycles. The third-order valence-corrected chi connectivity index (χ3v) is 5.09. The van der Waals surface area contributed by atoms with Crippen molar-refractivity contribution in [2.24, 2.45) is 11.7 Å². The van der Waals surface area contributed by atoms with E-state index >= 15 is 0 Å². The molecule has 0 bridgehead atoms. The lowest BCUT2D eigenvalue weighted by Gasteiger charge is -2.28. The van der Waals surface area contributed by atoms with Gasteiger partial charge in [0.15, 0.2) is 0 Å². The summed E-state index contributed by atoms with van der Waals surface area (Å²) in [6, 6.07) is 6.86. The van der Waals surface area contributed by atoms with E-state index in [1.54, 1.807) is 11.8 Å². The van der Waals surface area contributed by atoms with E-state index in [-0.39, 0.29) is 0 Å². The summed E-state index contributed by atoms with van der Waals surface area (Å²) in [5.41, 5.74) is 8.08. The zero-order chi connectivity index (χ0) is 14.5. The van der Waals surface area contributed by atoms with Gasteiger partial charge in [0.05, 0.1) is 0 Å². The fourth-order valence-corrected chi connectivity index (χ4v) is 3.94. The molecule has 1 aromatic carbocycles. The van der Waals surface area contributed by atoms with Crippen LogP contribution in [-0.2, 0) is 0 Å². The molecule has 1 aliphatic rings. The maximum absolute atomic E-state index is 5.95. The molecule has 0 heterocycles. The summed E-state index contributed by atoms with van der Waals surface area (Å²) in [7, 11) is 0. The summed E-state index contributed by atoms with van der Waals surface area (Å²) in [6.45, 7) is 4.49. The minimum atomic E-state index is 0.494. The van der Waals surface area contributed by atoms with Gasteiger partial charge in [0.2, 0.25) is 0 Å². The second-order valence-corrected chi connectivity index (χ2v) is 7.32. The van der Waals surface area contributed by atoms with Gasteiger partial charge in [-0.15, -0.1) is 11.8 Å². The number of benzene rings is 1. The van der Waals surface area contributed by atoms with Gasteiger partial charge in [0.1, 0.15) is 4.99 Å². The number of thiocarbonyl (C=S) groups is 1. The molecular formula is C16H24N2S2. The Morgan fingerprint density at radius 2 is 2.05 bits per heavy atom. The zero-order valence-electron chi connectivity index (χ0n) is 12.3. The molecule has 0 aliphatic heterocycles. The van der Waals surface area contributed by atoms with Crippen LogP contribution >= 0.6 is 24.0 Å². The molecule has 0 unspecified atom stereocenters. The Morgan fingerprint density at radius 1 is 1.35 bits per heavy atom. The average molecular weight is 309 g/mol. The quantitative estimate of drug-likeness (QED) is 0.623. The molecule has 0 aromatic heterocycles. The van der Waals surface area contributed by atoms with Crippen LogP contribution in [0.15, 0.2) is 23.1 Å². The summed E-state index contributed by atoms with van der Waals surface area (Å²) < 4.78 is 0. The van der Waals surface area contributed by atoms with Crippen molar-refractivity contribution in [2.75, 3.05) is 11.1 Å². The minimum absolute atomic E-state index is 0.494. The lowest BCUT2D eigenvalue weighted by molar-refractivity contribution is 0.361. The van der Waals surface area contributed by atoms with Crippen molar-refractivity contribution in [1.82, 2.24) is 0 Å². The third-order valence-electron chi connectivity index (χ3n) is 3.95. The highest BCUT2D eigenvalue weighted by Gasteiger charge is 2.20. The maximum atomic E-state index is 5.95. The van der Waals surface area contributed by atoms with Gasteiger partial charge in [0, 0.05) is 22.2 Å².